The lowest BCUT2D eigenvalue weighted by Crippen LogP contribution is -2.40. The number of rotatable bonds is 3. The van der Waals surface area contributed by atoms with Crippen LogP contribution in [0.5, 0.6) is 0 Å². The Bertz CT molecular complexity index is 807. The van der Waals surface area contributed by atoms with Gasteiger partial charge in [-0.15, -0.1) is 0 Å². The van der Waals surface area contributed by atoms with Gasteiger partial charge in [0.1, 0.15) is 5.84 Å². The Kier molecular flexibility index (Phi) is 5.54. The summed E-state index contributed by atoms with van der Waals surface area (Å²) in [5.41, 5.74) is 2.98. The number of nitrogens with zero attached hydrogens (tertiary/aromatic N) is 2. The van der Waals surface area contributed by atoms with Crippen molar-refractivity contribution in [3.63, 3.8) is 0 Å². The summed E-state index contributed by atoms with van der Waals surface area (Å²) in [6.45, 7) is 0. The number of aliphatic imine (C=N–C) groups is 1. The summed E-state index contributed by atoms with van der Waals surface area (Å²) in [6, 6.07) is 30.1. The molecule has 124 valence electrons. The Morgan fingerprint density at radius 1 is 0.760 bits per heavy atom. The fourth-order valence-electron chi connectivity index (χ4n) is 2.55. The van der Waals surface area contributed by atoms with E-state index in [1.165, 1.54) is 0 Å². The van der Waals surface area contributed by atoms with E-state index in [0.29, 0.717) is 5.11 Å². The lowest BCUT2D eigenvalue weighted by atomic mass is 10.2. The average molecular weight is 345 g/mol. The normalized spacial score (nSPS) is 11.0. The third-order valence-electron chi connectivity index (χ3n) is 3.73. The molecule has 25 heavy (non-hydrogen) atoms. The minimum Gasteiger partial charge on any atom is -0.317 e. The maximum atomic E-state index is 5.72. The highest BCUT2D eigenvalue weighted by molar-refractivity contribution is 7.80. The summed E-state index contributed by atoms with van der Waals surface area (Å²) >= 11 is 5.72. The van der Waals surface area contributed by atoms with Crippen LogP contribution in [0.15, 0.2) is 96.0 Å². The zero-order valence-electron chi connectivity index (χ0n) is 14.0. The van der Waals surface area contributed by atoms with E-state index in [2.05, 4.69) is 10.3 Å². The Morgan fingerprint density at radius 3 is 1.64 bits per heavy atom. The standard InChI is InChI=1S/C21H19N3S/c1-22-20(17-11-5-2-6-12-17)23-21(25)24(18-13-7-3-8-14-18)19-15-9-4-10-16-19/h2-16H,1H3,(H,22,23,25). The van der Waals surface area contributed by atoms with Crippen LogP contribution in [-0.4, -0.2) is 18.0 Å². The van der Waals surface area contributed by atoms with Crippen LogP contribution < -0.4 is 10.2 Å². The Balaban J connectivity index is 1.92. The highest BCUT2D eigenvalue weighted by Gasteiger charge is 2.16. The van der Waals surface area contributed by atoms with Crippen molar-refractivity contribution in [3.8, 4) is 0 Å². The van der Waals surface area contributed by atoms with Gasteiger partial charge in [0.25, 0.3) is 0 Å². The minimum atomic E-state index is 0.571. The van der Waals surface area contributed by atoms with Crippen LogP contribution in [-0.2, 0) is 0 Å². The first-order valence-corrected chi connectivity index (χ1v) is 8.44. The molecule has 0 aliphatic rings. The van der Waals surface area contributed by atoms with Crippen molar-refractivity contribution in [2.24, 2.45) is 4.99 Å². The van der Waals surface area contributed by atoms with Gasteiger partial charge < -0.3 is 5.32 Å². The van der Waals surface area contributed by atoms with Gasteiger partial charge in [-0.25, -0.2) is 0 Å². The molecule has 0 aromatic heterocycles. The van der Waals surface area contributed by atoms with Gasteiger partial charge in [-0.05, 0) is 36.5 Å². The number of para-hydroxylation sites is 2. The van der Waals surface area contributed by atoms with Gasteiger partial charge in [-0.3, -0.25) is 9.89 Å². The monoisotopic (exact) mass is 345 g/mol. The molecule has 1 N–H and O–H groups in total. The zero-order chi connectivity index (χ0) is 17.5. The summed E-state index contributed by atoms with van der Waals surface area (Å²) in [5, 5.41) is 3.86. The Hall–Kier alpha value is -2.98. The third-order valence-corrected chi connectivity index (χ3v) is 4.01. The Morgan fingerprint density at radius 2 is 1.20 bits per heavy atom. The molecule has 3 aromatic carbocycles. The highest BCUT2D eigenvalue weighted by atomic mass is 32.1. The SMILES string of the molecule is CN=C(NC(=S)N(c1ccccc1)c1ccccc1)c1ccccc1. The predicted molar refractivity (Wildman–Crippen MR) is 110 cm³/mol. The van der Waals surface area contributed by atoms with E-state index in [9.17, 15) is 0 Å². The molecule has 0 aliphatic heterocycles. The summed E-state index contributed by atoms with van der Waals surface area (Å²) < 4.78 is 0. The number of benzene rings is 3. The molecular formula is C21H19N3S. The van der Waals surface area contributed by atoms with Crippen LogP contribution in [0.4, 0.5) is 11.4 Å². The number of nitrogens with one attached hydrogen (secondary N) is 1. The predicted octanol–water partition coefficient (Wildman–Crippen LogP) is 4.78. The van der Waals surface area contributed by atoms with Crippen molar-refractivity contribution >= 4 is 34.5 Å². The third kappa shape index (κ3) is 4.11. The second-order valence-corrected chi connectivity index (χ2v) is 5.76. The molecule has 0 spiro atoms. The number of thiocarbonyl (C=S) groups is 1. The second-order valence-electron chi connectivity index (χ2n) is 5.37. The van der Waals surface area contributed by atoms with E-state index >= 15 is 0 Å². The lowest BCUT2D eigenvalue weighted by Gasteiger charge is -2.26. The van der Waals surface area contributed by atoms with E-state index in [4.69, 9.17) is 12.2 Å². The quantitative estimate of drug-likeness (QED) is 0.421. The van der Waals surface area contributed by atoms with Gasteiger partial charge >= 0.3 is 0 Å². The van der Waals surface area contributed by atoms with Crippen LogP contribution in [0.25, 0.3) is 0 Å². The molecule has 0 saturated carbocycles. The molecule has 0 aliphatic carbocycles. The topological polar surface area (TPSA) is 27.6 Å². The van der Waals surface area contributed by atoms with Crippen LogP contribution in [0.1, 0.15) is 5.56 Å². The molecule has 3 aromatic rings. The molecule has 4 heteroatoms. The fourth-order valence-corrected chi connectivity index (χ4v) is 2.86. The van der Waals surface area contributed by atoms with E-state index in [0.717, 1.165) is 22.8 Å². The van der Waals surface area contributed by atoms with Gasteiger partial charge in [0.15, 0.2) is 5.11 Å². The van der Waals surface area contributed by atoms with Gasteiger partial charge in [0.05, 0.1) is 0 Å². The molecule has 0 fully saturated rings. The van der Waals surface area contributed by atoms with E-state index in [-0.39, 0.29) is 0 Å². The number of amidine groups is 1. The van der Waals surface area contributed by atoms with E-state index in [1.807, 2.05) is 95.9 Å². The van der Waals surface area contributed by atoms with Crippen molar-refractivity contribution in [1.29, 1.82) is 0 Å². The first kappa shape index (κ1) is 16.9. The van der Waals surface area contributed by atoms with E-state index < -0.39 is 0 Å². The zero-order valence-corrected chi connectivity index (χ0v) is 14.8. The van der Waals surface area contributed by atoms with Crippen molar-refractivity contribution < 1.29 is 0 Å². The van der Waals surface area contributed by atoms with Crippen molar-refractivity contribution in [3.05, 3.63) is 96.6 Å². The summed E-state index contributed by atoms with van der Waals surface area (Å²) in [4.78, 5) is 6.36. The van der Waals surface area contributed by atoms with Crippen LogP contribution in [0.2, 0.25) is 0 Å². The Labute approximate surface area is 153 Å². The van der Waals surface area contributed by atoms with Gasteiger partial charge in [-0.1, -0.05) is 66.7 Å². The molecule has 0 radical (unpaired) electrons. The second kappa shape index (κ2) is 8.22. The molecule has 3 nitrogen and oxygen atoms in total. The van der Waals surface area contributed by atoms with Gasteiger partial charge in [0, 0.05) is 24.0 Å². The summed E-state index contributed by atoms with van der Waals surface area (Å²) in [6.07, 6.45) is 0. The fraction of sp³-hybridized carbons (Fsp3) is 0.0476. The number of hydrogen-bond acceptors (Lipinski definition) is 2. The smallest absolute Gasteiger partial charge is 0.183 e. The molecule has 3 rings (SSSR count). The van der Waals surface area contributed by atoms with Crippen molar-refractivity contribution in [1.82, 2.24) is 5.32 Å². The summed E-state index contributed by atoms with van der Waals surface area (Å²) in [5.74, 6) is 0.738. The van der Waals surface area contributed by atoms with E-state index in [1.54, 1.807) is 7.05 Å². The molecule has 0 atom stereocenters. The molecule has 0 saturated heterocycles. The molecule has 0 bridgehead atoms. The van der Waals surface area contributed by atoms with Gasteiger partial charge in [-0.2, -0.15) is 0 Å². The maximum absolute atomic E-state index is 5.72. The first-order chi connectivity index (χ1) is 12.3. The lowest BCUT2D eigenvalue weighted by molar-refractivity contribution is 1.23. The van der Waals surface area contributed by atoms with Crippen molar-refractivity contribution in [2.45, 2.75) is 0 Å². The summed E-state index contributed by atoms with van der Waals surface area (Å²) in [7, 11) is 1.76. The molecule has 0 unspecified atom stereocenters. The maximum Gasteiger partial charge on any atom is 0.183 e. The molecule has 0 amide bonds. The number of anilines is 2. The number of hydrogen-bond donors (Lipinski definition) is 1. The minimum absolute atomic E-state index is 0.571. The highest BCUT2D eigenvalue weighted by Crippen LogP contribution is 2.25. The average Bonchev–Trinajstić information content (AvgIpc) is 2.69. The first-order valence-electron chi connectivity index (χ1n) is 8.03. The van der Waals surface area contributed by atoms with Crippen LogP contribution >= 0.6 is 12.2 Å². The van der Waals surface area contributed by atoms with Crippen LogP contribution in [0.3, 0.4) is 0 Å². The molecule has 0 heterocycles. The largest absolute Gasteiger partial charge is 0.317 e. The van der Waals surface area contributed by atoms with Crippen molar-refractivity contribution in [2.75, 3.05) is 11.9 Å². The van der Waals surface area contributed by atoms with Gasteiger partial charge in [0.2, 0.25) is 0 Å². The van der Waals surface area contributed by atoms with Crippen LogP contribution in [0, 0.1) is 0 Å². The molecular weight excluding hydrogens is 326 g/mol.